The maximum atomic E-state index is 11.5. The van der Waals surface area contributed by atoms with Gasteiger partial charge in [-0.1, -0.05) is 12.1 Å². The maximum Gasteiger partial charge on any atom is 0.0390 e. The SMILES string of the molecule is Nc1ccc(C2CCS(=O)CC2)cc1C1=CCCCC1. The van der Waals surface area contributed by atoms with Crippen LogP contribution in [0.5, 0.6) is 0 Å². The quantitative estimate of drug-likeness (QED) is 0.840. The van der Waals surface area contributed by atoms with Gasteiger partial charge in [0.15, 0.2) is 0 Å². The Kier molecular flexibility index (Phi) is 4.25. The number of nitrogens with two attached hydrogens (primary N) is 1. The fourth-order valence-corrected chi connectivity index (χ4v) is 4.61. The summed E-state index contributed by atoms with van der Waals surface area (Å²) < 4.78 is 11.5. The van der Waals surface area contributed by atoms with Crippen LogP contribution in [-0.4, -0.2) is 15.7 Å². The minimum absolute atomic E-state index is 0.566. The van der Waals surface area contributed by atoms with Crippen LogP contribution in [0.2, 0.25) is 0 Å². The molecule has 0 spiro atoms. The number of allylic oxidation sites excluding steroid dienone is 2. The molecule has 0 atom stereocenters. The predicted octanol–water partition coefficient (Wildman–Crippen LogP) is 3.85. The molecule has 3 rings (SSSR count). The van der Waals surface area contributed by atoms with Gasteiger partial charge in [0.2, 0.25) is 0 Å². The first-order valence-corrected chi connectivity index (χ1v) is 9.16. The Morgan fingerprint density at radius 1 is 1.15 bits per heavy atom. The monoisotopic (exact) mass is 289 g/mol. The molecule has 0 saturated carbocycles. The lowest BCUT2D eigenvalue weighted by Crippen LogP contribution is -2.17. The molecule has 2 nitrogen and oxygen atoms in total. The van der Waals surface area contributed by atoms with E-state index in [1.54, 1.807) is 0 Å². The second-order valence-electron chi connectivity index (χ2n) is 5.94. The maximum absolute atomic E-state index is 11.5. The van der Waals surface area contributed by atoms with E-state index < -0.39 is 10.8 Å². The molecule has 1 fully saturated rings. The molecule has 0 bridgehead atoms. The fraction of sp³-hybridized carbons (Fsp3) is 0.529. The van der Waals surface area contributed by atoms with Crippen LogP contribution in [0.15, 0.2) is 24.3 Å². The highest BCUT2D eigenvalue weighted by molar-refractivity contribution is 7.85. The minimum atomic E-state index is -0.585. The van der Waals surface area contributed by atoms with Crippen LogP contribution in [0.25, 0.3) is 5.57 Å². The van der Waals surface area contributed by atoms with Crippen molar-refractivity contribution in [1.29, 1.82) is 0 Å². The van der Waals surface area contributed by atoms with Gasteiger partial charge in [-0.2, -0.15) is 0 Å². The van der Waals surface area contributed by atoms with Gasteiger partial charge in [-0.3, -0.25) is 4.21 Å². The first-order chi connectivity index (χ1) is 9.74. The van der Waals surface area contributed by atoms with Crippen LogP contribution >= 0.6 is 0 Å². The molecule has 1 aromatic rings. The zero-order valence-electron chi connectivity index (χ0n) is 11.9. The summed E-state index contributed by atoms with van der Waals surface area (Å²) in [5, 5.41) is 0. The molecule has 1 heterocycles. The first-order valence-electron chi connectivity index (χ1n) is 7.68. The highest BCUT2D eigenvalue weighted by atomic mass is 32.2. The van der Waals surface area contributed by atoms with Gasteiger partial charge < -0.3 is 5.73 Å². The van der Waals surface area contributed by atoms with E-state index in [-0.39, 0.29) is 0 Å². The molecule has 3 heteroatoms. The molecule has 1 aromatic carbocycles. The highest BCUT2D eigenvalue weighted by Crippen LogP contribution is 2.35. The van der Waals surface area contributed by atoms with Crippen LogP contribution in [0, 0.1) is 0 Å². The molecule has 108 valence electrons. The molecule has 1 aliphatic carbocycles. The van der Waals surface area contributed by atoms with Crippen molar-refractivity contribution in [2.24, 2.45) is 0 Å². The van der Waals surface area contributed by atoms with Crippen LogP contribution in [0.4, 0.5) is 5.69 Å². The van der Waals surface area contributed by atoms with Gasteiger partial charge in [0.05, 0.1) is 0 Å². The molecule has 1 saturated heterocycles. The molecule has 1 aliphatic heterocycles. The molecular weight excluding hydrogens is 266 g/mol. The third-order valence-corrected chi connectivity index (χ3v) is 5.96. The van der Waals surface area contributed by atoms with Crippen molar-refractivity contribution in [2.75, 3.05) is 17.2 Å². The van der Waals surface area contributed by atoms with E-state index in [0.29, 0.717) is 5.92 Å². The van der Waals surface area contributed by atoms with Crippen LogP contribution < -0.4 is 5.73 Å². The van der Waals surface area contributed by atoms with Gasteiger partial charge in [-0.05, 0) is 67.7 Å². The third kappa shape index (κ3) is 2.98. The second kappa shape index (κ2) is 6.13. The van der Waals surface area contributed by atoms with Crippen molar-refractivity contribution in [3.8, 4) is 0 Å². The van der Waals surface area contributed by atoms with Gasteiger partial charge in [0.25, 0.3) is 0 Å². The summed E-state index contributed by atoms with van der Waals surface area (Å²) in [5.41, 5.74) is 11.1. The number of anilines is 1. The second-order valence-corrected chi connectivity index (χ2v) is 7.64. The highest BCUT2D eigenvalue weighted by Gasteiger charge is 2.20. The molecular formula is C17H23NOS. The number of hydrogen-bond donors (Lipinski definition) is 1. The smallest absolute Gasteiger partial charge is 0.0390 e. The lowest BCUT2D eigenvalue weighted by atomic mass is 9.87. The fourth-order valence-electron chi connectivity index (χ4n) is 3.32. The zero-order valence-corrected chi connectivity index (χ0v) is 12.8. The van der Waals surface area contributed by atoms with Crippen LogP contribution in [-0.2, 0) is 10.8 Å². The summed E-state index contributed by atoms with van der Waals surface area (Å²) in [4.78, 5) is 0. The third-order valence-electron chi connectivity index (χ3n) is 4.57. The van der Waals surface area contributed by atoms with E-state index in [1.807, 2.05) is 0 Å². The zero-order chi connectivity index (χ0) is 13.9. The molecule has 0 unspecified atom stereocenters. The number of hydrogen-bond acceptors (Lipinski definition) is 2. The summed E-state index contributed by atoms with van der Waals surface area (Å²) >= 11 is 0. The van der Waals surface area contributed by atoms with Crippen molar-refractivity contribution in [3.63, 3.8) is 0 Å². The van der Waals surface area contributed by atoms with Crippen LogP contribution in [0.3, 0.4) is 0 Å². The topological polar surface area (TPSA) is 43.1 Å². The van der Waals surface area contributed by atoms with Gasteiger partial charge in [0, 0.05) is 33.6 Å². The van der Waals surface area contributed by atoms with Gasteiger partial charge >= 0.3 is 0 Å². The summed E-state index contributed by atoms with van der Waals surface area (Å²) in [6.07, 6.45) is 9.37. The summed E-state index contributed by atoms with van der Waals surface area (Å²) in [6.45, 7) is 0. The van der Waals surface area contributed by atoms with Gasteiger partial charge in [-0.25, -0.2) is 0 Å². The molecule has 2 aliphatic rings. The Labute approximate surface area is 123 Å². The molecule has 0 radical (unpaired) electrons. The van der Waals surface area contributed by atoms with Gasteiger partial charge in [-0.15, -0.1) is 0 Å². The number of benzene rings is 1. The summed E-state index contributed by atoms with van der Waals surface area (Å²) in [7, 11) is -0.585. The van der Waals surface area contributed by atoms with Crippen molar-refractivity contribution in [1.82, 2.24) is 0 Å². The molecule has 0 amide bonds. The van der Waals surface area contributed by atoms with Crippen LogP contribution in [0.1, 0.15) is 55.6 Å². The average Bonchev–Trinajstić information content (AvgIpc) is 2.50. The van der Waals surface area contributed by atoms with E-state index in [4.69, 9.17) is 5.73 Å². The standard InChI is InChI=1S/C17H23NOS/c18-17-7-6-15(13-8-10-20(19)11-9-13)12-16(17)14-4-2-1-3-5-14/h4,6-7,12-13H,1-3,5,8-11,18H2. The van der Waals surface area contributed by atoms with Gasteiger partial charge in [0.1, 0.15) is 0 Å². The van der Waals surface area contributed by atoms with E-state index in [0.717, 1.165) is 36.5 Å². The van der Waals surface area contributed by atoms with E-state index >= 15 is 0 Å². The van der Waals surface area contributed by atoms with Crippen molar-refractivity contribution < 1.29 is 4.21 Å². The minimum Gasteiger partial charge on any atom is -0.398 e. The number of rotatable bonds is 2. The summed E-state index contributed by atoms with van der Waals surface area (Å²) in [5.74, 6) is 2.27. The largest absolute Gasteiger partial charge is 0.398 e. The Bertz CT molecular complexity index is 540. The molecule has 20 heavy (non-hydrogen) atoms. The average molecular weight is 289 g/mol. The lowest BCUT2D eigenvalue weighted by molar-refractivity contribution is 0.605. The Morgan fingerprint density at radius 3 is 2.65 bits per heavy atom. The Morgan fingerprint density at radius 2 is 1.95 bits per heavy atom. The van der Waals surface area contributed by atoms with E-state index in [9.17, 15) is 4.21 Å². The molecule has 2 N–H and O–H groups in total. The molecule has 0 aromatic heterocycles. The Balaban J connectivity index is 1.86. The predicted molar refractivity (Wildman–Crippen MR) is 87.2 cm³/mol. The normalized spacial score (nSPS) is 27.1. The van der Waals surface area contributed by atoms with Crippen molar-refractivity contribution in [3.05, 3.63) is 35.4 Å². The Hall–Kier alpha value is -1.09. The van der Waals surface area contributed by atoms with E-state index in [2.05, 4.69) is 24.3 Å². The van der Waals surface area contributed by atoms with Crippen molar-refractivity contribution in [2.45, 2.75) is 44.4 Å². The lowest BCUT2D eigenvalue weighted by Gasteiger charge is -2.23. The first kappa shape index (κ1) is 13.9. The van der Waals surface area contributed by atoms with E-state index in [1.165, 1.54) is 36.0 Å². The summed E-state index contributed by atoms with van der Waals surface area (Å²) in [6, 6.07) is 6.53. The number of nitrogen functional groups attached to an aromatic ring is 1. The van der Waals surface area contributed by atoms with Crippen molar-refractivity contribution >= 4 is 22.1 Å².